The van der Waals surface area contributed by atoms with E-state index in [1.165, 1.54) is 244 Å². The maximum absolute atomic E-state index is 13.2. The number of aliphatic hydroxyl groups is 7. The lowest BCUT2D eigenvalue weighted by Gasteiger charge is -2.40. The molecule has 8 N–H and O–H groups in total. The zero-order chi connectivity index (χ0) is 58.2. The molecule has 472 valence electrons. The van der Waals surface area contributed by atoms with Crippen LogP contribution in [-0.2, 0) is 14.3 Å². The SMILES string of the molecule is CCCCCCCCCCCCCC/C=C\CCCCCCCCCCCCCCCCCC(O)C(=O)NC(COC1OC(CO)C(O)C(O)C1O)C(O)C(O)CCC/C=C/CC/C=C/CCCCCCCCCCCCCCC. The summed E-state index contributed by atoms with van der Waals surface area (Å²) in [6.45, 7) is 3.48. The molecule has 11 heteroatoms. The maximum atomic E-state index is 13.2. The van der Waals surface area contributed by atoms with E-state index >= 15 is 0 Å². The monoisotopic (exact) mass is 1130 g/mol. The van der Waals surface area contributed by atoms with Gasteiger partial charge in [-0.25, -0.2) is 0 Å². The number of nitrogens with one attached hydrogen (secondary N) is 1. The summed E-state index contributed by atoms with van der Waals surface area (Å²) in [5.41, 5.74) is 0. The summed E-state index contributed by atoms with van der Waals surface area (Å²) in [5.74, 6) is -0.706. The largest absolute Gasteiger partial charge is 0.394 e. The lowest BCUT2D eigenvalue weighted by atomic mass is 9.98. The summed E-state index contributed by atoms with van der Waals surface area (Å²) in [5, 5.41) is 76.4. The van der Waals surface area contributed by atoms with Crippen molar-refractivity contribution in [3.63, 3.8) is 0 Å². The molecule has 80 heavy (non-hydrogen) atoms. The first-order valence-corrected chi connectivity index (χ1v) is 34.4. The zero-order valence-corrected chi connectivity index (χ0v) is 52.1. The minimum atomic E-state index is -1.67. The van der Waals surface area contributed by atoms with E-state index in [4.69, 9.17) is 9.47 Å². The van der Waals surface area contributed by atoms with Gasteiger partial charge in [-0.1, -0.05) is 288 Å². The standard InChI is InChI=1S/C69H131NO10/c1-3-5-7-9-11-13-15-17-19-21-23-25-27-28-29-30-31-32-33-34-35-37-39-41-43-45-47-49-51-53-55-57-62(73)68(78)70-60(59-79-69-67(77)66(76)65(75)63(58-71)80-69)64(74)61(72)56-54-52-50-48-46-44-42-40-38-36-26-24-22-20-18-16-14-12-10-8-6-4-2/h28-29,40,42,48,50,60-67,69,71-77H,3-27,30-39,41,43-47,49,51-59H2,1-2H3,(H,70,78)/b29-28-,42-40+,50-48+. The molecule has 0 radical (unpaired) electrons. The number of unbranched alkanes of at least 4 members (excludes halogenated alkanes) is 42. The number of amides is 1. The Kier molecular flexibility index (Phi) is 55.1. The number of rotatable bonds is 60. The summed E-state index contributed by atoms with van der Waals surface area (Å²) in [7, 11) is 0. The van der Waals surface area contributed by atoms with E-state index in [1.807, 2.05) is 0 Å². The zero-order valence-electron chi connectivity index (χ0n) is 52.1. The van der Waals surface area contributed by atoms with E-state index < -0.39 is 74.2 Å². The second-order valence-corrected chi connectivity index (χ2v) is 24.2. The van der Waals surface area contributed by atoms with Crippen molar-refractivity contribution in [1.82, 2.24) is 5.32 Å². The minimum Gasteiger partial charge on any atom is -0.394 e. The van der Waals surface area contributed by atoms with Crippen molar-refractivity contribution in [3.8, 4) is 0 Å². The molecule has 9 unspecified atom stereocenters. The molecule has 1 amide bonds. The molecular weight excluding hydrogens is 1000 g/mol. The van der Waals surface area contributed by atoms with Crippen molar-refractivity contribution < 1.29 is 50.0 Å². The van der Waals surface area contributed by atoms with Crippen molar-refractivity contribution in [2.75, 3.05) is 13.2 Å². The lowest BCUT2D eigenvalue weighted by molar-refractivity contribution is -0.303. The van der Waals surface area contributed by atoms with E-state index in [9.17, 15) is 40.5 Å². The van der Waals surface area contributed by atoms with Gasteiger partial charge >= 0.3 is 0 Å². The number of carbonyl (C=O) groups excluding carboxylic acids is 1. The number of hydrogen-bond donors (Lipinski definition) is 8. The molecule has 1 heterocycles. The second kappa shape index (κ2) is 57.7. The quantitative estimate of drug-likeness (QED) is 0.0215. The summed E-state index contributed by atoms with van der Waals surface area (Å²) < 4.78 is 11.2. The average molecular weight is 1130 g/mol. The first-order valence-electron chi connectivity index (χ1n) is 34.4. The number of carbonyl (C=O) groups is 1. The summed E-state index contributed by atoms with van der Waals surface area (Å²) in [6.07, 6.45) is 62.3. The molecule has 0 aliphatic carbocycles. The first-order chi connectivity index (χ1) is 39.2. The van der Waals surface area contributed by atoms with Crippen LogP contribution in [-0.4, -0.2) is 110 Å². The van der Waals surface area contributed by atoms with Crippen molar-refractivity contribution in [2.24, 2.45) is 0 Å². The van der Waals surface area contributed by atoms with Gasteiger partial charge in [0.15, 0.2) is 6.29 Å². The van der Waals surface area contributed by atoms with Crippen molar-refractivity contribution in [1.29, 1.82) is 0 Å². The van der Waals surface area contributed by atoms with Gasteiger partial charge in [0, 0.05) is 0 Å². The van der Waals surface area contributed by atoms with E-state index in [0.29, 0.717) is 19.3 Å². The predicted octanol–water partition coefficient (Wildman–Crippen LogP) is 16.2. The van der Waals surface area contributed by atoms with Gasteiger partial charge in [-0.3, -0.25) is 4.79 Å². The van der Waals surface area contributed by atoms with Crippen molar-refractivity contribution in [2.45, 2.75) is 384 Å². The third-order valence-corrected chi connectivity index (χ3v) is 16.6. The Morgan fingerprint density at radius 3 is 1.11 bits per heavy atom. The van der Waals surface area contributed by atoms with E-state index in [-0.39, 0.29) is 12.8 Å². The number of allylic oxidation sites excluding steroid dienone is 6. The highest BCUT2D eigenvalue weighted by atomic mass is 16.7. The Morgan fingerprint density at radius 2 is 0.750 bits per heavy atom. The van der Waals surface area contributed by atoms with E-state index in [1.54, 1.807) is 0 Å². The molecule has 0 bridgehead atoms. The van der Waals surface area contributed by atoms with Crippen LogP contribution < -0.4 is 5.32 Å². The highest BCUT2D eigenvalue weighted by molar-refractivity contribution is 5.80. The summed E-state index contributed by atoms with van der Waals surface area (Å²) in [4.78, 5) is 13.2. The van der Waals surface area contributed by atoms with Gasteiger partial charge < -0.3 is 50.5 Å². The van der Waals surface area contributed by atoms with E-state index in [0.717, 1.165) is 38.5 Å². The molecule has 9 atom stereocenters. The molecule has 0 aromatic carbocycles. The Labute approximate surface area is 492 Å². The predicted molar refractivity (Wildman–Crippen MR) is 335 cm³/mol. The molecule has 0 saturated carbocycles. The third kappa shape index (κ3) is 44.8. The molecule has 1 aliphatic rings. The van der Waals surface area contributed by atoms with Crippen molar-refractivity contribution >= 4 is 5.91 Å². The average Bonchev–Trinajstić information content (AvgIpc) is 3.46. The Hall–Kier alpha value is -1.67. The highest BCUT2D eigenvalue weighted by Gasteiger charge is 2.44. The summed E-state index contributed by atoms with van der Waals surface area (Å²) in [6, 6.07) is -1.19. The van der Waals surface area contributed by atoms with Crippen LogP contribution >= 0.6 is 0 Å². The molecule has 1 aliphatic heterocycles. The fourth-order valence-electron chi connectivity index (χ4n) is 11.1. The van der Waals surface area contributed by atoms with Gasteiger partial charge in [0.05, 0.1) is 25.4 Å². The van der Waals surface area contributed by atoms with Gasteiger partial charge in [0.2, 0.25) is 5.91 Å². The smallest absolute Gasteiger partial charge is 0.249 e. The highest BCUT2D eigenvalue weighted by Crippen LogP contribution is 2.24. The Morgan fingerprint density at radius 1 is 0.425 bits per heavy atom. The van der Waals surface area contributed by atoms with Crippen LogP contribution in [0.5, 0.6) is 0 Å². The van der Waals surface area contributed by atoms with Crippen LogP contribution in [0.15, 0.2) is 36.5 Å². The summed E-state index contributed by atoms with van der Waals surface area (Å²) >= 11 is 0. The van der Waals surface area contributed by atoms with E-state index in [2.05, 4.69) is 55.6 Å². The normalized spacial score (nSPS) is 19.4. The molecule has 1 fully saturated rings. The first kappa shape index (κ1) is 76.3. The van der Waals surface area contributed by atoms with Crippen LogP contribution in [0.4, 0.5) is 0 Å². The number of aliphatic hydroxyl groups excluding tert-OH is 7. The van der Waals surface area contributed by atoms with Gasteiger partial charge in [-0.15, -0.1) is 0 Å². The molecule has 0 aromatic heterocycles. The van der Waals surface area contributed by atoms with Crippen LogP contribution in [0.2, 0.25) is 0 Å². The topological polar surface area (TPSA) is 189 Å². The van der Waals surface area contributed by atoms with Gasteiger partial charge in [-0.05, 0) is 77.0 Å². The Bertz CT molecular complexity index is 1390. The molecule has 0 spiro atoms. The van der Waals surface area contributed by atoms with Crippen LogP contribution in [0, 0.1) is 0 Å². The molecular formula is C69H131NO10. The van der Waals surface area contributed by atoms with Gasteiger partial charge in [0.25, 0.3) is 0 Å². The van der Waals surface area contributed by atoms with Gasteiger partial charge in [-0.2, -0.15) is 0 Å². The number of ether oxygens (including phenoxy) is 2. The fraction of sp³-hybridized carbons (Fsp3) is 0.899. The maximum Gasteiger partial charge on any atom is 0.249 e. The Balaban J connectivity index is 2.22. The third-order valence-electron chi connectivity index (χ3n) is 16.6. The lowest BCUT2D eigenvalue weighted by Crippen LogP contribution is -2.60. The van der Waals surface area contributed by atoms with Crippen LogP contribution in [0.1, 0.15) is 328 Å². The number of hydrogen-bond acceptors (Lipinski definition) is 10. The second-order valence-electron chi connectivity index (χ2n) is 24.2. The molecule has 11 nitrogen and oxygen atoms in total. The van der Waals surface area contributed by atoms with Crippen molar-refractivity contribution in [3.05, 3.63) is 36.5 Å². The molecule has 1 saturated heterocycles. The molecule has 1 rings (SSSR count). The van der Waals surface area contributed by atoms with Gasteiger partial charge in [0.1, 0.15) is 36.6 Å². The van der Waals surface area contributed by atoms with Crippen LogP contribution in [0.25, 0.3) is 0 Å². The minimum absolute atomic E-state index is 0.248. The molecule has 0 aromatic rings. The fourth-order valence-corrected chi connectivity index (χ4v) is 11.1. The van der Waals surface area contributed by atoms with Crippen LogP contribution in [0.3, 0.4) is 0 Å².